The topological polar surface area (TPSA) is 20.3 Å². The molecule has 0 unspecified atom stereocenters. The van der Waals surface area contributed by atoms with Crippen molar-refractivity contribution in [3.05, 3.63) is 78.0 Å². The van der Waals surface area contributed by atoms with Crippen LogP contribution in [0.5, 0.6) is 0 Å². The highest BCUT2D eigenvalue weighted by molar-refractivity contribution is 5.85. The van der Waals surface area contributed by atoms with Crippen LogP contribution < -0.4 is 0 Å². The summed E-state index contributed by atoms with van der Waals surface area (Å²) < 4.78 is 0. The number of hydrogen-bond donors (Lipinski definition) is 0. The maximum atomic E-state index is 13.6. The quantitative estimate of drug-likeness (QED) is 0.689. The number of nitrogens with zero attached hydrogens (tertiary/aromatic N) is 1. The normalized spacial score (nSPS) is 19.5. The zero-order valence-corrected chi connectivity index (χ0v) is 16.1. The predicted molar refractivity (Wildman–Crippen MR) is 107 cm³/mol. The molecule has 0 radical (unpaired) electrons. The van der Waals surface area contributed by atoms with Gasteiger partial charge in [-0.3, -0.25) is 4.79 Å². The Labute approximate surface area is 152 Å². The summed E-state index contributed by atoms with van der Waals surface area (Å²) in [6.07, 6.45) is 7.62. The summed E-state index contributed by atoms with van der Waals surface area (Å²) in [6.45, 7) is 18.8. The molecule has 2 nitrogen and oxygen atoms in total. The lowest BCUT2D eigenvalue weighted by Gasteiger charge is -2.42. The van der Waals surface area contributed by atoms with Crippen molar-refractivity contribution in [2.45, 2.75) is 41.2 Å². The van der Waals surface area contributed by atoms with E-state index in [0.29, 0.717) is 6.54 Å². The average molecular weight is 335 g/mol. The van der Waals surface area contributed by atoms with Crippen LogP contribution in [0.15, 0.2) is 66.9 Å². The van der Waals surface area contributed by atoms with E-state index in [1.807, 2.05) is 37.0 Å². The molecule has 0 saturated heterocycles. The van der Waals surface area contributed by atoms with Crippen LogP contribution in [0.25, 0.3) is 6.08 Å². The molecule has 0 saturated carbocycles. The van der Waals surface area contributed by atoms with E-state index in [-0.39, 0.29) is 11.3 Å². The van der Waals surface area contributed by atoms with Crippen molar-refractivity contribution in [2.75, 3.05) is 0 Å². The fourth-order valence-electron chi connectivity index (χ4n) is 2.76. The molecule has 0 spiro atoms. The summed E-state index contributed by atoms with van der Waals surface area (Å²) in [4.78, 5) is 15.4. The lowest BCUT2D eigenvalue weighted by atomic mass is 9.68. The zero-order chi connectivity index (χ0) is 18.8. The van der Waals surface area contributed by atoms with Crippen molar-refractivity contribution in [3.8, 4) is 0 Å². The van der Waals surface area contributed by atoms with Crippen LogP contribution >= 0.6 is 0 Å². The second-order valence-electron chi connectivity index (χ2n) is 8.05. The van der Waals surface area contributed by atoms with E-state index in [9.17, 15) is 4.79 Å². The van der Waals surface area contributed by atoms with Crippen LogP contribution in [0.3, 0.4) is 0 Å². The number of hydrogen-bond acceptors (Lipinski definition) is 1. The molecule has 0 aromatic heterocycles. The van der Waals surface area contributed by atoms with Crippen LogP contribution in [0.2, 0.25) is 0 Å². The highest BCUT2D eigenvalue weighted by Gasteiger charge is 2.43. The molecule has 25 heavy (non-hydrogen) atoms. The van der Waals surface area contributed by atoms with Crippen molar-refractivity contribution in [1.82, 2.24) is 4.90 Å². The summed E-state index contributed by atoms with van der Waals surface area (Å²) in [5.41, 5.74) is 3.27. The predicted octanol–water partition coefficient (Wildman–Crippen LogP) is 5.74. The van der Waals surface area contributed by atoms with Gasteiger partial charge in [0.25, 0.3) is 0 Å². The number of carbonyl (C=O) groups is 1. The zero-order valence-electron chi connectivity index (χ0n) is 16.1. The van der Waals surface area contributed by atoms with Crippen molar-refractivity contribution >= 4 is 12.0 Å². The highest BCUT2D eigenvalue weighted by atomic mass is 16.2. The molecule has 0 N–H and O–H groups in total. The molecule has 0 fully saturated rings. The molecular formula is C23H29NO. The van der Waals surface area contributed by atoms with Crippen LogP contribution in [0.4, 0.5) is 0 Å². The first-order valence-electron chi connectivity index (χ1n) is 8.70. The largest absolute Gasteiger partial charge is 0.307 e. The average Bonchev–Trinajstić information content (AvgIpc) is 2.54. The maximum absolute atomic E-state index is 13.6. The Morgan fingerprint density at radius 2 is 1.68 bits per heavy atom. The maximum Gasteiger partial charge on any atom is 0.233 e. The van der Waals surface area contributed by atoms with Crippen molar-refractivity contribution in [1.29, 1.82) is 0 Å². The molecule has 2 rings (SSSR count). The Morgan fingerprint density at radius 3 is 2.24 bits per heavy atom. The Bertz CT molecular complexity index is 757. The highest BCUT2D eigenvalue weighted by Crippen LogP contribution is 2.41. The third-order valence-electron chi connectivity index (χ3n) is 5.48. The molecule has 1 aliphatic rings. The minimum absolute atomic E-state index is 0.0966. The fourth-order valence-corrected chi connectivity index (χ4v) is 2.76. The molecule has 1 aromatic rings. The van der Waals surface area contributed by atoms with Gasteiger partial charge in [0.1, 0.15) is 0 Å². The van der Waals surface area contributed by atoms with Crippen LogP contribution in [-0.2, 0) is 11.3 Å². The summed E-state index contributed by atoms with van der Waals surface area (Å²) in [7, 11) is 0. The van der Waals surface area contributed by atoms with Crippen molar-refractivity contribution < 1.29 is 4.79 Å². The fraction of sp³-hybridized carbons (Fsp3) is 0.348. The molecule has 0 aliphatic carbocycles. The molecule has 0 atom stereocenters. The third-order valence-corrected chi connectivity index (χ3v) is 5.48. The second-order valence-corrected chi connectivity index (χ2v) is 8.05. The van der Waals surface area contributed by atoms with E-state index in [1.165, 1.54) is 0 Å². The van der Waals surface area contributed by atoms with Gasteiger partial charge in [0, 0.05) is 5.41 Å². The number of benzene rings is 1. The van der Waals surface area contributed by atoms with E-state index in [0.717, 1.165) is 22.4 Å². The smallest absolute Gasteiger partial charge is 0.233 e. The van der Waals surface area contributed by atoms with E-state index in [4.69, 9.17) is 0 Å². The summed E-state index contributed by atoms with van der Waals surface area (Å²) >= 11 is 0. The van der Waals surface area contributed by atoms with Crippen molar-refractivity contribution in [3.63, 3.8) is 0 Å². The molecular weight excluding hydrogens is 306 g/mol. The van der Waals surface area contributed by atoms with Gasteiger partial charge >= 0.3 is 0 Å². The van der Waals surface area contributed by atoms with Crippen molar-refractivity contribution in [2.24, 2.45) is 10.8 Å². The van der Waals surface area contributed by atoms with E-state index in [2.05, 4.69) is 52.1 Å². The Kier molecular flexibility index (Phi) is 5.22. The first kappa shape index (κ1) is 19.0. The monoisotopic (exact) mass is 335 g/mol. The van der Waals surface area contributed by atoms with Gasteiger partial charge in [0.2, 0.25) is 5.91 Å². The Hall–Kier alpha value is -2.35. The number of allylic oxidation sites excluding steroid dienone is 4. The number of carbonyl (C=O) groups excluding carboxylic acids is 1. The minimum Gasteiger partial charge on any atom is -0.307 e. The number of fused-ring (bicyclic) bond motifs is 1. The van der Waals surface area contributed by atoms with Crippen LogP contribution in [0, 0.1) is 10.8 Å². The van der Waals surface area contributed by atoms with Gasteiger partial charge in [-0.15, -0.1) is 0 Å². The van der Waals surface area contributed by atoms with Crippen LogP contribution in [-0.4, -0.2) is 10.8 Å². The van der Waals surface area contributed by atoms with Gasteiger partial charge in [0.15, 0.2) is 0 Å². The van der Waals surface area contributed by atoms with Gasteiger partial charge in [0.05, 0.1) is 12.2 Å². The standard InChI is InChI=1S/C23H29NO/c1-8-17-14-15-18-12-10-11-13-19(18)16-24(20(17)9-2)21(25)23(6,7)22(3,4)5/h8-15H,1-2,16H2,3-7H3/b15-14-,20-17-. The molecule has 1 aliphatic heterocycles. The lowest BCUT2D eigenvalue weighted by molar-refractivity contribution is -0.144. The SMILES string of the molecule is C=CC1=C(\C=C)N(C(=O)C(C)(C)C(C)(C)C)Cc2ccccc2/C=C\1. The number of amides is 1. The van der Waals surface area contributed by atoms with Gasteiger partial charge in [-0.2, -0.15) is 0 Å². The molecule has 1 heterocycles. The third kappa shape index (κ3) is 3.53. The summed E-state index contributed by atoms with van der Waals surface area (Å²) in [5.74, 6) is 0.0966. The molecule has 2 heteroatoms. The van der Waals surface area contributed by atoms with Gasteiger partial charge in [-0.05, 0) is 28.2 Å². The molecule has 1 aromatic carbocycles. The van der Waals surface area contributed by atoms with E-state index < -0.39 is 5.41 Å². The summed E-state index contributed by atoms with van der Waals surface area (Å²) in [6, 6.07) is 8.17. The summed E-state index contributed by atoms with van der Waals surface area (Å²) in [5, 5.41) is 0. The first-order valence-corrected chi connectivity index (χ1v) is 8.70. The Morgan fingerprint density at radius 1 is 1.04 bits per heavy atom. The number of rotatable bonds is 3. The first-order chi connectivity index (χ1) is 11.6. The second kappa shape index (κ2) is 6.87. The Balaban J connectivity index is 2.65. The van der Waals surface area contributed by atoms with E-state index >= 15 is 0 Å². The van der Waals surface area contributed by atoms with Gasteiger partial charge in [-0.1, -0.05) is 90.3 Å². The van der Waals surface area contributed by atoms with Gasteiger partial charge < -0.3 is 4.90 Å². The molecule has 1 amide bonds. The molecule has 132 valence electrons. The minimum atomic E-state index is -0.522. The van der Waals surface area contributed by atoms with Gasteiger partial charge in [-0.25, -0.2) is 0 Å². The molecule has 0 bridgehead atoms. The lowest BCUT2D eigenvalue weighted by Crippen LogP contribution is -2.46. The van der Waals surface area contributed by atoms with E-state index in [1.54, 1.807) is 12.2 Å². The van der Waals surface area contributed by atoms with Crippen LogP contribution in [0.1, 0.15) is 45.7 Å².